The normalized spacial score (nSPS) is 17.5. The van der Waals surface area contributed by atoms with Crippen LogP contribution in [-0.2, 0) is 51.5 Å². The maximum Gasteiger partial charge on any atom is 0.295 e. The second kappa shape index (κ2) is 7.17. The molecule has 18 heteroatoms. The molecule has 1 saturated carbocycles. The van der Waals surface area contributed by atoms with Crippen LogP contribution in [0, 0.1) is 10.1 Å². The van der Waals surface area contributed by atoms with E-state index in [0.717, 1.165) is 0 Å². The fraction of sp³-hybridized carbons (Fsp3) is 0.167. The van der Waals surface area contributed by atoms with Gasteiger partial charge in [0.2, 0.25) is 51.5 Å². The molecule has 0 saturated heterocycles. The van der Waals surface area contributed by atoms with Crippen LogP contribution in [0.5, 0.6) is 0 Å². The molecule has 0 heterocycles. The molecule has 0 bridgehead atoms. The fourth-order valence-electron chi connectivity index (χ4n) is 1.69. The summed E-state index contributed by atoms with van der Waals surface area (Å²) in [6.45, 7) is 0. The van der Waals surface area contributed by atoms with E-state index in [-0.39, 0.29) is 0 Å². The minimum Gasteiger partial charge on any atom is -0.263 e. The zero-order valence-electron chi connectivity index (χ0n) is 10.5. The van der Waals surface area contributed by atoms with Crippen molar-refractivity contribution in [2.75, 3.05) is 0 Å². The third-order valence-electron chi connectivity index (χ3n) is 2.43. The largest absolute Gasteiger partial charge is 0.295 e. The standard InChI is InChI=1S/C6HNO12S5/c8-7(9)1-2(20(10)11)4(22(14)15)6(24(18)19)5(23(16)17)3(1)21(12)13/h1H. The molecule has 0 unspecified atom stereocenters. The molecule has 0 spiro atoms. The maximum atomic E-state index is 11.2. The van der Waals surface area contributed by atoms with Gasteiger partial charge in [0.25, 0.3) is 6.04 Å². The van der Waals surface area contributed by atoms with Gasteiger partial charge in [0.1, 0.15) is 14.6 Å². The molecule has 1 aliphatic rings. The number of nitro groups is 1. The van der Waals surface area contributed by atoms with Gasteiger partial charge in [-0.25, -0.2) is 0 Å². The van der Waals surface area contributed by atoms with Gasteiger partial charge in [-0.15, -0.1) is 0 Å². The van der Waals surface area contributed by atoms with Crippen molar-refractivity contribution in [2.24, 2.45) is 0 Å². The van der Waals surface area contributed by atoms with E-state index >= 15 is 0 Å². The van der Waals surface area contributed by atoms with Crippen LogP contribution in [0.1, 0.15) is 0 Å². The Morgan fingerprint density at radius 1 is 0.583 bits per heavy atom. The van der Waals surface area contributed by atoms with Crippen LogP contribution in [-0.4, -0.2) is 77.4 Å². The van der Waals surface area contributed by atoms with Gasteiger partial charge < -0.3 is 0 Å². The zero-order chi connectivity index (χ0) is 18.9. The summed E-state index contributed by atoms with van der Waals surface area (Å²) in [4.78, 5) is 0.808. The molecule has 0 aromatic rings. The highest BCUT2D eigenvalue weighted by Crippen LogP contribution is 2.10. The average Bonchev–Trinajstić information content (AvgIpc) is 2.42. The molecular weight excluding hydrogens is 438 g/mol. The lowest BCUT2D eigenvalue weighted by molar-refractivity contribution is -0.482. The van der Waals surface area contributed by atoms with Gasteiger partial charge in [-0.2, -0.15) is 42.1 Å². The van der Waals surface area contributed by atoms with Gasteiger partial charge in [-0.3, -0.25) is 10.1 Å². The van der Waals surface area contributed by atoms with Crippen LogP contribution >= 0.6 is 0 Å². The molecule has 0 aromatic carbocycles. The van der Waals surface area contributed by atoms with Crippen molar-refractivity contribution in [3.05, 3.63) is 10.1 Å². The summed E-state index contributed by atoms with van der Waals surface area (Å²) in [5, 5.41) is 11.0. The Kier molecular flexibility index (Phi) is 5.94. The number of rotatable bonds is 1. The Balaban J connectivity index is 4.69. The zero-order valence-corrected chi connectivity index (χ0v) is 14.5. The highest BCUT2D eigenvalue weighted by atomic mass is 32.2. The first-order chi connectivity index (χ1) is 10.9. The number of nitrogens with zero attached hydrogens (tertiary/aromatic N) is 1. The third kappa shape index (κ3) is 3.36. The first-order valence-corrected chi connectivity index (χ1v) is 10.3. The Hall–Kier alpha value is -2.15. The molecule has 132 valence electrons. The van der Waals surface area contributed by atoms with Gasteiger partial charge in [-0.1, -0.05) is 0 Å². The Labute approximate surface area is 139 Å². The summed E-state index contributed by atoms with van der Waals surface area (Å²) in [5.74, 6) is 0. The first-order valence-electron chi connectivity index (χ1n) is 4.89. The van der Waals surface area contributed by atoms with Crippen LogP contribution in [0.4, 0.5) is 0 Å². The van der Waals surface area contributed by atoms with E-state index in [4.69, 9.17) is 0 Å². The predicted molar refractivity (Wildman–Crippen MR) is 80.4 cm³/mol. The van der Waals surface area contributed by atoms with Gasteiger partial charge in [0, 0.05) is 4.92 Å². The minimum atomic E-state index is -3.76. The highest BCUT2D eigenvalue weighted by Gasteiger charge is 2.51. The second-order valence-electron chi connectivity index (χ2n) is 3.58. The fourth-order valence-corrected chi connectivity index (χ4v) is 6.45. The average molecular weight is 439 g/mol. The van der Waals surface area contributed by atoms with Crippen LogP contribution in [0.15, 0.2) is 0 Å². The molecule has 0 atom stereocenters. The van der Waals surface area contributed by atoms with E-state index in [0.29, 0.717) is 0 Å². The van der Waals surface area contributed by atoms with Gasteiger partial charge in [0.15, 0.2) is 9.73 Å². The summed E-state index contributed by atoms with van der Waals surface area (Å²) in [6.07, 6.45) is 0. The van der Waals surface area contributed by atoms with Crippen LogP contribution < -0.4 is 0 Å². The van der Waals surface area contributed by atoms with E-state index in [1.165, 1.54) is 0 Å². The Bertz CT molecular complexity index is 1240. The lowest BCUT2D eigenvalue weighted by atomic mass is 9.94. The van der Waals surface area contributed by atoms with Crippen molar-refractivity contribution in [2.45, 2.75) is 6.04 Å². The van der Waals surface area contributed by atoms with Gasteiger partial charge >= 0.3 is 0 Å². The maximum absolute atomic E-state index is 11.2. The van der Waals surface area contributed by atoms with Crippen molar-refractivity contribution in [3.63, 3.8) is 0 Å². The molecular formula is C6HNO12S5. The minimum absolute atomic E-state index is 1.58. The Morgan fingerprint density at radius 2 is 0.875 bits per heavy atom. The first kappa shape index (κ1) is 19.9. The van der Waals surface area contributed by atoms with Crippen molar-refractivity contribution >= 4 is 75.8 Å². The van der Waals surface area contributed by atoms with E-state index in [9.17, 15) is 52.2 Å². The van der Waals surface area contributed by atoms with E-state index < -0.39 is 86.8 Å². The van der Waals surface area contributed by atoms with Crippen molar-refractivity contribution in [3.8, 4) is 0 Å². The van der Waals surface area contributed by atoms with Crippen LogP contribution in [0.2, 0.25) is 0 Å². The Morgan fingerprint density at radius 3 is 1.04 bits per heavy atom. The summed E-state index contributed by atoms with van der Waals surface area (Å²) < 4.78 is 112. The second-order valence-corrected chi connectivity index (χ2v) is 8.03. The lowest BCUT2D eigenvalue weighted by Gasteiger charge is -2.16. The molecule has 13 nitrogen and oxygen atoms in total. The molecule has 0 amide bonds. The monoisotopic (exact) mass is 439 g/mol. The summed E-state index contributed by atoms with van der Waals surface area (Å²) in [5.41, 5.74) is 0. The molecule has 1 aliphatic carbocycles. The smallest absolute Gasteiger partial charge is 0.263 e. The van der Waals surface area contributed by atoms with E-state index in [1.807, 2.05) is 0 Å². The van der Waals surface area contributed by atoms with Gasteiger partial charge in [-0.05, 0) is 0 Å². The predicted octanol–water partition coefficient (Wildman–Crippen LogP) is -5.10. The summed E-state index contributed by atoms with van der Waals surface area (Å²) in [6, 6.07) is -2.95. The molecule has 24 heavy (non-hydrogen) atoms. The molecule has 1 rings (SSSR count). The molecule has 0 radical (unpaired) electrons. The SMILES string of the molecule is O=[N+]([O-])C1C(=S(=O)=O)C(=S(=O)=O)C(=S(=O)=O)C(=S(=O)=O)C1=S(=O)=O. The number of hydrogen-bond acceptors (Lipinski definition) is 12. The summed E-state index contributed by atoms with van der Waals surface area (Å²) >= 11 is 0. The van der Waals surface area contributed by atoms with Crippen LogP contribution in [0.25, 0.3) is 0 Å². The molecule has 0 aliphatic heterocycles. The van der Waals surface area contributed by atoms with Crippen LogP contribution in [0.3, 0.4) is 0 Å². The van der Waals surface area contributed by atoms with E-state index in [2.05, 4.69) is 0 Å². The quantitative estimate of drug-likeness (QED) is 0.213. The van der Waals surface area contributed by atoms with Crippen molar-refractivity contribution < 1.29 is 47.0 Å². The van der Waals surface area contributed by atoms with Crippen molar-refractivity contribution in [1.29, 1.82) is 0 Å². The van der Waals surface area contributed by atoms with E-state index in [1.54, 1.807) is 0 Å². The molecule has 0 aromatic heterocycles. The third-order valence-corrected chi connectivity index (χ3v) is 6.77. The summed E-state index contributed by atoms with van der Waals surface area (Å²) in [7, 11) is -18.8. The molecule has 1 fully saturated rings. The lowest BCUT2D eigenvalue weighted by Crippen LogP contribution is -2.57. The van der Waals surface area contributed by atoms with Crippen molar-refractivity contribution in [1.82, 2.24) is 0 Å². The topological polar surface area (TPSA) is 214 Å². The highest BCUT2D eigenvalue weighted by molar-refractivity contribution is 7.96. The molecule has 0 N–H and O–H groups in total. The number of hydrogen-bond donors (Lipinski definition) is 0. The van der Waals surface area contributed by atoms with Gasteiger partial charge in [0.05, 0.1) is 0 Å².